The first-order valence-corrected chi connectivity index (χ1v) is 5.40. The quantitative estimate of drug-likeness (QED) is 0.632. The van der Waals surface area contributed by atoms with Crippen LogP contribution in [0.3, 0.4) is 0 Å². The van der Waals surface area contributed by atoms with Gasteiger partial charge in [0.15, 0.2) is 0 Å². The molecule has 3 rings (SSSR count). The Labute approximate surface area is 84.2 Å². The fourth-order valence-corrected chi connectivity index (χ4v) is 2.76. The van der Waals surface area contributed by atoms with Crippen molar-refractivity contribution in [2.45, 2.75) is 19.3 Å². The summed E-state index contributed by atoms with van der Waals surface area (Å²) >= 11 is 0. The maximum absolute atomic E-state index is 10.1. The van der Waals surface area contributed by atoms with Gasteiger partial charge in [-0.25, -0.2) is 0 Å². The van der Waals surface area contributed by atoms with Gasteiger partial charge < -0.3 is 10.0 Å². The number of rotatable bonds is 0. The molecule has 0 radical (unpaired) electrons. The molecule has 0 saturated carbocycles. The molecule has 1 aliphatic carbocycles. The Bertz CT molecular complexity index is 351. The first-order valence-electron chi connectivity index (χ1n) is 5.40. The molecule has 0 aromatic heterocycles. The molecule has 2 aliphatic heterocycles. The molecule has 2 heterocycles. The van der Waals surface area contributed by atoms with Crippen LogP contribution in [0.25, 0.3) is 0 Å². The number of allylic oxidation sites excluding steroid dienone is 5. The standard InChI is InChI=1S/C12H15NO/c14-12-10-5-2-1-4-9(10)8-13-7-3-6-11(12)13/h1-2,5,9,14H,3-4,6-8H2. The molecule has 74 valence electrons. The Balaban J connectivity index is 2.06. The van der Waals surface area contributed by atoms with Crippen LogP contribution in [0.1, 0.15) is 19.3 Å². The summed E-state index contributed by atoms with van der Waals surface area (Å²) in [5.74, 6) is 1.10. The zero-order valence-electron chi connectivity index (χ0n) is 8.24. The van der Waals surface area contributed by atoms with Gasteiger partial charge in [0.05, 0.1) is 5.70 Å². The van der Waals surface area contributed by atoms with Crippen LogP contribution in [0, 0.1) is 5.92 Å². The van der Waals surface area contributed by atoms with Gasteiger partial charge in [0.2, 0.25) is 0 Å². The monoisotopic (exact) mass is 189 g/mol. The normalized spacial score (nSPS) is 30.1. The molecule has 3 aliphatic rings. The second-order valence-corrected chi connectivity index (χ2v) is 4.33. The third-order valence-corrected chi connectivity index (χ3v) is 3.48. The topological polar surface area (TPSA) is 23.5 Å². The molecule has 14 heavy (non-hydrogen) atoms. The summed E-state index contributed by atoms with van der Waals surface area (Å²) in [6, 6.07) is 0. The second kappa shape index (κ2) is 2.91. The predicted molar refractivity (Wildman–Crippen MR) is 55.8 cm³/mol. The zero-order valence-corrected chi connectivity index (χ0v) is 8.24. The Morgan fingerprint density at radius 2 is 2.36 bits per heavy atom. The molecule has 0 bridgehead atoms. The number of aliphatic hydroxyl groups is 1. The van der Waals surface area contributed by atoms with Crippen molar-refractivity contribution in [1.82, 2.24) is 4.90 Å². The van der Waals surface area contributed by atoms with Crippen LogP contribution in [0.5, 0.6) is 0 Å². The summed E-state index contributed by atoms with van der Waals surface area (Å²) in [6.45, 7) is 2.24. The fraction of sp³-hybridized carbons (Fsp3) is 0.500. The highest BCUT2D eigenvalue weighted by molar-refractivity contribution is 5.40. The van der Waals surface area contributed by atoms with E-state index in [9.17, 15) is 5.11 Å². The minimum absolute atomic E-state index is 0.529. The average molecular weight is 189 g/mol. The summed E-state index contributed by atoms with van der Waals surface area (Å²) in [7, 11) is 0. The molecule has 1 unspecified atom stereocenters. The lowest BCUT2D eigenvalue weighted by atomic mass is 9.86. The minimum atomic E-state index is 0.529. The molecule has 0 aromatic rings. The van der Waals surface area contributed by atoms with Crippen molar-refractivity contribution in [3.05, 3.63) is 35.3 Å². The van der Waals surface area contributed by atoms with Crippen LogP contribution in [0.4, 0.5) is 0 Å². The molecule has 0 amide bonds. The summed E-state index contributed by atoms with van der Waals surface area (Å²) in [5, 5.41) is 10.1. The van der Waals surface area contributed by atoms with Crippen LogP contribution >= 0.6 is 0 Å². The Kier molecular flexibility index (Phi) is 1.69. The molecule has 0 aromatic carbocycles. The van der Waals surface area contributed by atoms with Gasteiger partial charge in [-0.3, -0.25) is 0 Å². The maximum Gasteiger partial charge on any atom is 0.138 e. The van der Waals surface area contributed by atoms with Gasteiger partial charge in [0.1, 0.15) is 5.76 Å². The highest BCUT2D eigenvalue weighted by Gasteiger charge is 2.33. The van der Waals surface area contributed by atoms with E-state index in [1.165, 1.54) is 17.7 Å². The van der Waals surface area contributed by atoms with Gasteiger partial charge in [-0.05, 0) is 19.3 Å². The van der Waals surface area contributed by atoms with Crippen LogP contribution < -0.4 is 0 Å². The van der Waals surface area contributed by atoms with Crippen molar-refractivity contribution in [1.29, 1.82) is 0 Å². The van der Waals surface area contributed by atoms with Gasteiger partial charge in [0, 0.05) is 24.6 Å². The minimum Gasteiger partial charge on any atom is -0.506 e. The summed E-state index contributed by atoms with van der Waals surface area (Å²) in [5.41, 5.74) is 2.35. The number of aliphatic hydroxyl groups excluding tert-OH is 1. The van der Waals surface area contributed by atoms with E-state index in [1.807, 2.05) is 0 Å². The van der Waals surface area contributed by atoms with E-state index in [0.29, 0.717) is 11.7 Å². The molecule has 1 fully saturated rings. The molecular formula is C12H15NO. The van der Waals surface area contributed by atoms with E-state index in [0.717, 1.165) is 25.9 Å². The van der Waals surface area contributed by atoms with E-state index in [4.69, 9.17) is 0 Å². The van der Waals surface area contributed by atoms with E-state index < -0.39 is 0 Å². The molecule has 2 heteroatoms. The highest BCUT2D eigenvalue weighted by Crippen LogP contribution is 2.38. The van der Waals surface area contributed by atoms with Crippen LogP contribution in [-0.4, -0.2) is 23.1 Å². The zero-order chi connectivity index (χ0) is 9.54. The van der Waals surface area contributed by atoms with Gasteiger partial charge >= 0.3 is 0 Å². The van der Waals surface area contributed by atoms with Gasteiger partial charge in [-0.1, -0.05) is 18.2 Å². The Morgan fingerprint density at radius 3 is 3.29 bits per heavy atom. The lowest BCUT2D eigenvalue weighted by Gasteiger charge is -2.34. The molecule has 1 atom stereocenters. The van der Waals surface area contributed by atoms with Gasteiger partial charge in [0.25, 0.3) is 0 Å². The van der Waals surface area contributed by atoms with Gasteiger partial charge in [-0.15, -0.1) is 0 Å². The summed E-state index contributed by atoms with van der Waals surface area (Å²) in [6.07, 6.45) is 9.67. The van der Waals surface area contributed by atoms with Crippen LogP contribution in [-0.2, 0) is 0 Å². The summed E-state index contributed by atoms with van der Waals surface area (Å²) < 4.78 is 0. The molecule has 1 N–H and O–H groups in total. The number of nitrogens with zero attached hydrogens (tertiary/aromatic N) is 1. The Hall–Kier alpha value is -1.18. The average Bonchev–Trinajstić information content (AvgIpc) is 2.66. The van der Waals surface area contributed by atoms with Crippen molar-refractivity contribution in [3.8, 4) is 0 Å². The predicted octanol–water partition coefficient (Wildman–Crippen LogP) is 2.37. The van der Waals surface area contributed by atoms with E-state index >= 15 is 0 Å². The lowest BCUT2D eigenvalue weighted by Crippen LogP contribution is -2.33. The number of hydrogen-bond acceptors (Lipinski definition) is 2. The van der Waals surface area contributed by atoms with Crippen molar-refractivity contribution in [3.63, 3.8) is 0 Å². The molecule has 1 saturated heterocycles. The molecule has 0 spiro atoms. The summed E-state index contributed by atoms with van der Waals surface area (Å²) in [4.78, 5) is 2.36. The largest absolute Gasteiger partial charge is 0.506 e. The van der Waals surface area contributed by atoms with Crippen molar-refractivity contribution in [2.75, 3.05) is 13.1 Å². The number of hydrogen-bond donors (Lipinski definition) is 1. The van der Waals surface area contributed by atoms with Crippen LogP contribution in [0.15, 0.2) is 35.3 Å². The SMILES string of the molecule is OC1=C2CCCN2CC2CC=CC=C12. The fourth-order valence-electron chi connectivity index (χ4n) is 2.76. The molecular weight excluding hydrogens is 174 g/mol. The Morgan fingerprint density at radius 1 is 1.43 bits per heavy atom. The first kappa shape index (κ1) is 8.16. The number of fused-ring (bicyclic) bond motifs is 2. The molecule has 2 nitrogen and oxygen atoms in total. The maximum atomic E-state index is 10.1. The van der Waals surface area contributed by atoms with Crippen molar-refractivity contribution in [2.24, 2.45) is 5.92 Å². The highest BCUT2D eigenvalue weighted by atomic mass is 16.3. The second-order valence-electron chi connectivity index (χ2n) is 4.33. The lowest BCUT2D eigenvalue weighted by molar-refractivity contribution is 0.272. The van der Waals surface area contributed by atoms with Crippen molar-refractivity contribution < 1.29 is 5.11 Å². The third kappa shape index (κ3) is 1.03. The van der Waals surface area contributed by atoms with Crippen LogP contribution in [0.2, 0.25) is 0 Å². The van der Waals surface area contributed by atoms with E-state index in [-0.39, 0.29) is 0 Å². The van der Waals surface area contributed by atoms with E-state index in [1.54, 1.807) is 0 Å². The first-order chi connectivity index (χ1) is 6.86. The third-order valence-electron chi connectivity index (χ3n) is 3.48. The van der Waals surface area contributed by atoms with Gasteiger partial charge in [-0.2, -0.15) is 0 Å². The smallest absolute Gasteiger partial charge is 0.138 e. The van der Waals surface area contributed by atoms with E-state index in [2.05, 4.69) is 23.1 Å². The van der Waals surface area contributed by atoms with Crippen molar-refractivity contribution >= 4 is 0 Å².